The normalized spacial score (nSPS) is 16.1. The van der Waals surface area contributed by atoms with Crippen molar-refractivity contribution in [3.8, 4) is 12.3 Å². The van der Waals surface area contributed by atoms with E-state index in [4.69, 9.17) is 16.9 Å². The number of morpholine rings is 1. The van der Waals surface area contributed by atoms with Crippen molar-refractivity contribution in [2.24, 2.45) is 0 Å². The molecule has 1 fully saturated rings. The Kier molecular flexibility index (Phi) is 2.75. The van der Waals surface area contributed by atoms with E-state index >= 15 is 0 Å². The number of pyridine rings is 1. The van der Waals surface area contributed by atoms with E-state index in [1.807, 2.05) is 6.07 Å². The summed E-state index contributed by atoms with van der Waals surface area (Å²) in [6.07, 6.45) is 5.31. The number of hydrogen-bond donors (Lipinski definition) is 1. The molecule has 0 aliphatic carbocycles. The summed E-state index contributed by atoms with van der Waals surface area (Å²) in [5, 5.41) is 0. The average Bonchev–Trinajstić information content (AvgIpc) is 2.29. The molecular weight excluding hydrogens is 190 g/mol. The van der Waals surface area contributed by atoms with Gasteiger partial charge in [-0.25, -0.2) is 4.98 Å². The van der Waals surface area contributed by atoms with Gasteiger partial charge < -0.3 is 15.4 Å². The zero-order valence-corrected chi connectivity index (χ0v) is 8.44. The number of hydrogen-bond acceptors (Lipinski definition) is 4. The molecule has 0 spiro atoms. The van der Waals surface area contributed by atoms with Crippen LogP contribution in [0.4, 0.5) is 11.5 Å². The van der Waals surface area contributed by atoms with Crippen LogP contribution in [0.15, 0.2) is 12.1 Å². The summed E-state index contributed by atoms with van der Waals surface area (Å²) in [6.45, 7) is 3.12. The molecule has 0 radical (unpaired) electrons. The van der Waals surface area contributed by atoms with Crippen LogP contribution in [-0.2, 0) is 4.74 Å². The highest BCUT2D eigenvalue weighted by Gasteiger charge is 2.13. The van der Waals surface area contributed by atoms with Gasteiger partial charge in [-0.3, -0.25) is 0 Å². The summed E-state index contributed by atoms with van der Waals surface area (Å²) in [6, 6.07) is 3.54. The fraction of sp³-hybridized carbons (Fsp3) is 0.364. The maximum Gasteiger partial charge on any atom is 0.132 e. The van der Waals surface area contributed by atoms with Gasteiger partial charge in [-0.1, -0.05) is 5.92 Å². The fourth-order valence-corrected chi connectivity index (χ4v) is 1.56. The number of nitrogen functional groups attached to an aromatic ring is 1. The Bertz CT molecular complexity index is 391. The molecule has 0 bridgehead atoms. The lowest BCUT2D eigenvalue weighted by molar-refractivity contribution is 0.122. The second-order valence-corrected chi connectivity index (χ2v) is 3.39. The molecular formula is C11H13N3O. The minimum atomic E-state index is 0.580. The highest BCUT2D eigenvalue weighted by molar-refractivity contribution is 5.54. The van der Waals surface area contributed by atoms with Crippen molar-refractivity contribution in [2.75, 3.05) is 36.9 Å². The molecule has 2 rings (SSSR count). The first-order chi connectivity index (χ1) is 7.29. The first-order valence-electron chi connectivity index (χ1n) is 4.86. The molecule has 2 heterocycles. The van der Waals surface area contributed by atoms with Crippen LogP contribution in [0, 0.1) is 12.3 Å². The van der Waals surface area contributed by atoms with Crippen LogP contribution in [0.1, 0.15) is 5.69 Å². The molecule has 1 aromatic rings. The van der Waals surface area contributed by atoms with E-state index in [1.54, 1.807) is 6.07 Å². The highest BCUT2D eigenvalue weighted by atomic mass is 16.5. The first kappa shape index (κ1) is 9.81. The van der Waals surface area contributed by atoms with Crippen molar-refractivity contribution in [1.82, 2.24) is 4.98 Å². The standard InChI is InChI=1S/C11H13N3O/c1-2-10-7-9(12)8-11(13-10)14-3-5-15-6-4-14/h1,7-8H,3-6H2,(H2,12,13). The molecule has 1 aliphatic heterocycles. The maximum absolute atomic E-state index is 5.75. The lowest BCUT2D eigenvalue weighted by Crippen LogP contribution is -2.36. The lowest BCUT2D eigenvalue weighted by atomic mass is 10.3. The molecule has 0 saturated carbocycles. The molecule has 0 unspecified atom stereocenters. The summed E-state index contributed by atoms with van der Waals surface area (Å²) >= 11 is 0. The number of nitrogens with two attached hydrogens (primary N) is 1. The predicted octanol–water partition coefficient (Wildman–Crippen LogP) is 0.482. The van der Waals surface area contributed by atoms with Crippen molar-refractivity contribution in [1.29, 1.82) is 0 Å². The van der Waals surface area contributed by atoms with Crippen LogP contribution in [0.2, 0.25) is 0 Å². The van der Waals surface area contributed by atoms with Crippen molar-refractivity contribution in [2.45, 2.75) is 0 Å². The van der Waals surface area contributed by atoms with Gasteiger partial charge in [-0.2, -0.15) is 0 Å². The third-order valence-electron chi connectivity index (χ3n) is 2.32. The molecule has 78 valence electrons. The van der Waals surface area contributed by atoms with Crippen molar-refractivity contribution in [3.63, 3.8) is 0 Å². The molecule has 4 heteroatoms. The third-order valence-corrected chi connectivity index (χ3v) is 2.32. The van der Waals surface area contributed by atoms with Crippen LogP contribution in [0.5, 0.6) is 0 Å². The summed E-state index contributed by atoms with van der Waals surface area (Å²) < 4.78 is 5.27. The summed E-state index contributed by atoms with van der Waals surface area (Å²) in [5.74, 6) is 3.34. The van der Waals surface area contributed by atoms with E-state index in [1.165, 1.54) is 0 Å². The van der Waals surface area contributed by atoms with Crippen LogP contribution in [0.25, 0.3) is 0 Å². The summed E-state index contributed by atoms with van der Waals surface area (Å²) in [7, 11) is 0. The summed E-state index contributed by atoms with van der Waals surface area (Å²) in [4.78, 5) is 6.46. The molecule has 1 aromatic heterocycles. The molecule has 0 amide bonds. The highest BCUT2D eigenvalue weighted by Crippen LogP contribution is 2.17. The predicted molar refractivity (Wildman–Crippen MR) is 59.6 cm³/mol. The molecule has 0 aromatic carbocycles. The molecule has 1 saturated heterocycles. The van der Waals surface area contributed by atoms with Gasteiger partial charge in [0.2, 0.25) is 0 Å². The monoisotopic (exact) mass is 203 g/mol. The van der Waals surface area contributed by atoms with Gasteiger partial charge in [0, 0.05) is 24.8 Å². The van der Waals surface area contributed by atoms with E-state index in [0.29, 0.717) is 11.4 Å². The average molecular weight is 203 g/mol. The Morgan fingerprint density at radius 2 is 2.13 bits per heavy atom. The van der Waals surface area contributed by atoms with Gasteiger partial charge in [-0.05, 0) is 6.07 Å². The van der Waals surface area contributed by atoms with Crippen LogP contribution < -0.4 is 10.6 Å². The number of rotatable bonds is 1. The Balaban J connectivity index is 2.27. The van der Waals surface area contributed by atoms with Crippen molar-refractivity contribution in [3.05, 3.63) is 17.8 Å². The minimum absolute atomic E-state index is 0.580. The molecule has 4 nitrogen and oxygen atoms in total. The van der Waals surface area contributed by atoms with E-state index in [0.717, 1.165) is 32.1 Å². The van der Waals surface area contributed by atoms with Gasteiger partial charge >= 0.3 is 0 Å². The van der Waals surface area contributed by atoms with Gasteiger partial charge in [0.05, 0.1) is 13.2 Å². The zero-order valence-electron chi connectivity index (χ0n) is 8.44. The Hall–Kier alpha value is -1.73. The summed E-state index contributed by atoms with van der Waals surface area (Å²) in [5.41, 5.74) is 6.98. The Morgan fingerprint density at radius 1 is 1.40 bits per heavy atom. The Labute approximate surface area is 89.0 Å². The minimum Gasteiger partial charge on any atom is -0.399 e. The molecule has 0 atom stereocenters. The van der Waals surface area contributed by atoms with Crippen LogP contribution in [-0.4, -0.2) is 31.3 Å². The van der Waals surface area contributed by atoms with Crippen molar-refractivity contribution >= 4 is 11.5 Å². The van der Waals surface area contributed by atoms with E-state index in [2.05, 4.69) is 15.8 Å². The lowest BCUT2D eigenvalue weighted by Gasteiger charge is -2.28. The van der Waals surface area contributed by atoms with E-state index in [-0.39, 0.29) is 0 Å². The largest absolute Gasteiger partial charge is 0.399 e. The van der Waals surface area contributed by atoms with Crippen LogP contribution in [0.3, 0.4) is 0 Å². The molecule has 1 aliphatic rings. The maximum atomic E-state index is 5.75. The number of anilines is 2. The van der Waals surface area contributed by atoms with E-state index in [9.17, 15) is 0 Å². The van der Waals surface area contributed by atoms with Gasteiger partial charge in [0.15, 0.2) is 0 Å². The van der Waals surface area contributed by atoms with E-state index < -0.39 is 0 Å². The smallest absolute Gasteiger partial charge is 0.132 e. The Morgan fingerprint density at radius 3 is 2.80 bits per heavy atom. The molecule has 15 heavy (non-hydrogen) atoms. The van der Waals surface area contributed by atoms with Crippen LogP contribution >= 0.6 is 0 Å². The quantitative estimate of drug-likeness (QED) is 0.674. The number of aromatic nitrogens is 1. The van der Waals surface area contributed by atoms with Gasteiger partial charge in [-0.15, -0.1) is 6.42 Å². The topological polar surface area (TPSA) is 51.4 Å². The third kappa shape index (κ3) is 2.20. The zero-order chi connectivity index (χ0) is 10.7. The second-order valence-electron chi connectivity index (χ2n) is 3.39. The molecule has 2 N–H and O–H groups in total. The second kappa shape index (κ2) is 4.20. The number of terminal acetylenes is 1. The van der Waals surface area contributed by atoms with Gasteiger partial charge in [0.25, 0.3) is 0 Å². The SMILES string of the molecule is C#Cc1cc(N)cc(N2CCOCC2)n1. The van der Waals surface area contributed by atoms with Gasteiger partial charge in [0.1, 0.15) is 11.5 Å². The number of nitrogens with zero attached hydrogens (tertiary/aromatic N) is 2. The number of ether oxygens (including phenoxy) is 1. The first-order valence-corrected chi connectivity index (χ1v) is 4.86. The fourth-order valence-electron chi connectivity index (χ4n) is 1.56. The van der Waals surface area contributed by atoms with Crippen molar-refractivity contribution < 1.29 is 4.74 Å².